The molecule has 7 N–H and O–H groups in total. The molecule has 0 saturated carbocycles. The maximum absolute atomic E-state index is 14.0. The van der Waals surface area contributed by atoms with Gasteiger partial charge < -0.3 is 49.8 Å². The SMILES string of the molecule is CC(C(=O)O)c1ccc(-c2ccccc2)c(F)c1.CC(C(=O)O)c1ccc(C(=O)c2cccs2)cc1.CC(C(=O)O)c1ccc(Oc2ccccc2)cc1.CC(C(=O)O)c1cccc(C(=O)c2ccccc2)c1.CC(C)Cc1ccc(C(C)C(=O)O)cc1.COc1ccc2cc(C(C)C(=O)O)ccc2c1.O=C(c1ccccc1)c1ccc2n1CCC2C(=O)O. The third kappa shape index (κ3) is 27.3. The highest BCUT2D eigenvalue weighted by molar-refractivity contribution is 7.12. The van der Waals surface area contributed by atoms with E-state index in [-0.39, 0.29) is 17.3 Å². The second-order valence-electron chi connectivity index (χ2n) is 29.7. The molecule has 0 amide bonds. The number of hydrogen-bond donors (Lipinski definition) is 7. The fourth-order valence-corrected chi connectivity index (χ4v) is 13.5. The Morgan fingerprint density at radius 1 is 0.379 bits per heavy atom. The molecule has 7 atom stereocenters. The van der Waals surface area contributed by atoms with Gasteiger partial charge in [-0.25, -0.2) is 4.39 Å². The van der Waals surface area contributed by atoms with Gasteiger partial charge in [0.05, 0.1) is 59.1 Å². The van der Waals surface area contributed by atoms with Crippen molar-refractivity contribution in [2.24, 2.45) is 5.92 Å². The van der Waals surface area contributed by atoms with Crippen molar-refractivity contribution in [1.29, 1.82) is 0 Å². The van der Waals surface area contributed by atoms with E-state index < -0.39 is 89.0 Å². The fraction of sp³-hybridized carbons (Fsp3) is 0.196. The van der Waals surface area contributed by atoms with Gasteiger partial charge in [0.1, 0.15) is 23.1 Å². The van der Waals surface area contributed by atoms with E-state index >= 15 is 0 Å². The Morgan fingerprint density at radius 2 is 0.790 bits per heavy atom. The average molecular weight is 1690 g/mol. The van der Waals surface area contributed by atoms with Crippen LogP contribution in [-0.4, -0.2) is 107 Å². The van der Waals surface area contributed by atoms with E-state index in [2.05, 4.69) is 13.8 Å². The van der Waals surface area contributed by atoms with Crippen molar-refractivity contribution in [2.75, 3.05) is 7.11 Å². The number of hydrogen-bond acceptors (Lipinski definition) is 13. The van der Waals surface area contributed by atoms with E-state index in [1.807, 2.05) is 162 Å². The normalized spacial score (nSPS) is 12.9. The minimum atomic E-state index is -0.957. The van der Waals surface area contributed by atoms with E-state index in [9.17, 15) is 52.3 Å². The molecule has 124 heavy (non-hydrogen) atoms. The van der Waals surface area contributed by atoms with E-state index in [0.717, 1.165) is 56.6 Å². The Labute approximate surface area is 722 Å². The summed E-state index contributed by atoms with van der Waals surface area (Å²) in [5.74, 6) is -7.42. The molecular weight excluding hydrogens is 1590 g/mol. The van der Waals surface area contributed by atoms with Gasteiger partial charge in [0.2, 0.25) is 11.6 Å². The predicted octanol–water partition coefficient (Wildman–Crippen LogP) is 22.0. The smallest absolute Gasteiger partial charge is 0.312 e. The Kier molecular flexibility index (Phi) is 35.5. The second-order valence-corrected chi connectivity index (χ2v) is 30.6. The van der Waals surface area contributed by atoms with Crippen LogP contribution in [0.3, 0.4) is 0 Å². The first-order valence-corrected chi connectivity index (χ1v) is 40.7. The molecule has 13 aromatic rings. The third-order valence-electron chi connectivity index (χ3n) is 20.5. The lowest BCUT2D eigenvalue weighted by Crippen LogP contribution is -2.09. The summed E-state index contributed by atoms with van der Waals surface area (Å²) in [6, 6.07) is 88.2. The van der Waals surface area contributed by atoms with E-state index in [1.54, 1.807) is 188 Å². The number of para-hydroxylation sites is 1. The zero-order valence-corrected chi connectivity index (χ0v) is 70.7. The standard InChI is InChI=1S/C16H14O3.C15H13FO2.C15H13NO3.C15H14O3.C14H12O3S.C14H14O3.C13H18O2/c1-11(16(18)19)13-8-5-9-14(10-13)15(17)12-6-3-2-4-7-12;1-10(15(17)18)12-7-8-13(14(16)9-12)11-5-3-2-4-6-11;17-14(10-4-2-1-3-5-10)13-7-6-12-11(15(18)19)8-9-16(12)13;1-11(15(16)17)12-7-9-14(10-8-12)18-13-5-3-2-4-6-13;1-9(14(16)17)10-4-6-11(7-5-10)13(15)12-3-2-8-18-12;1-9(14(15)16)10-3-4-12-8-13(17-2)6-5-11(12)7-10;1-9(2)8-11-4-6-12(7-5-11)10(3)13(14)15/h2-11H,1H3,(H,18,19);2-10H,1H3,(H,17,18);1-7,11H,8-9H2,(H,18,19);2-11H,1H3,(H,16,17);2-9H,1H3,(H,16,17);3-9H,1-2H3,(H,15,16);4-7,9-10H,8H2,1-3H3,(H,14,15). The predicted molar refractivity (Wildman–Crippen MR) is 476 cm³/mol. The van der Waals surface area contributed by atoms with Crippen molar-refractivity contribution in [3.05, 3.63) is 386 Å². The van der Waals surface area contributed by atoms with Crippen LogP contribution in [0, 0.1) is 11.7 Å². The summed E-state index contributed by atoms with van der Waals surface area (Å²) >= 11 is 1.40. The number of ketones is 3. The summed E-state index contributed by atoms with van der Waals surface area (Å²) in [4.78, 5) is 114. The molecule has 7 unspecified atom stereocenters. The zero-order valence-electron chi connectivity index (χ0n) is 69.9. The number of carbonyl (C=O) groups is 10. The molecule has 20 nitrogen and oxygen atoms in total. The molecule has 14 rings (SSSR count). The number of nitrogens with zero attached hydrogens (tertiary/aromatic N) is 1. The summed E-state index contributed by atoms with van der Waals surface area (Å²) < 4.78 is 26.6. The summed E-state index contributed by atoms with van der Waals surface area (Å²) in [6.07, 6.45) is 1.60. The third-order valence-corrected chi connectivity index (χ3v) is 21.4. The van der Waals surface area contributed by atoms with Crippen LogP contribution in [0.15, 0.2) is 303 Å². The molecule has 1 aliphatic heterocycles. The number of aliphatic carboxylic acids is 7. The van der Waals surface area contributed by atoms with Crippen molar-refractivity contribution in [1.82, 2.24) is 4.57 Å². The van der Waals surface area contributed by atoms with Gasteiger partial charge in [-0.1, -0.05) is 244 Å². The van der Waals surface area contributed by atoms with Crippen LogP contribution >= 0.6 is 11.3 Å². The molecule has 0 saturated heterocycles. The van der Waals surface area contributed by atoms with Crippen LogP contribution < -0.4 is 9.47 Å². The molecular formula is C102H98FNO19S. The first-order chi connectivity index (χ1) is 59.2. The van der Waals surface area contributed by atoms with Crippen LogP contribution in [0.25, 0.3) is 21.9 Å². The number of carboxylic acids is 7. The highest BCUT2D eigenvalue weighted by Gasteiger charge is 2.32. The van der Waals surface area contributed by atoms with Gasteiger partial charge in [-0.3, -0.25) is 47.9 Å². The Bertz CT molecular complexity index is 5760. The number of aromatic nitrogens is 1. The summed E-state index contributed by atoms with van der Waals surface area (Å²) in [5, 5.41) is 66.6. The number of thiophene rings is 1. The maximum atomic E-state index is 14.0. The molecule has 22 heteroatoms. The largest absolute Gasteiger partial charge is 0.497 e. The van der Waals surface area contributed by atoms with Crippen LogP contribution in [0.5, 0.6) is 17.2 Å². The number of ether oxygens (including phenoxy) is 2. The summed E-state index contributed by atoms with van der Waals surface area (Å²) in [6.45, 7) is 14.8. The molecule has 0 spiro atoms. The molecule has 638 valence electrons. The fourth-order valence-electron chi connectivity index (χ4n) is 12.8. The van der Waals surface area contributed by atoms with Crippen LogP contribution in [0.4, 0.5) is 4.39 Å². The lowest BCUT2D eigenvalue weighted by atomic mass is 9.96. The summed E-state index contributed by atoms with van der Waals surface area (Å²) in [5.41, 5.74) is 10.4. The van der Waals surface area contributed by atoms with Crippen molar-refractivity contribution in [3.63, 3.8) is 0 Å². The van der Waals surface area contributed by atoms with Crippen LogP contribution in [-0.2, 0) is 46.5 Å². The summed E-state index contributed by atoms with van der Waals surface area (Å²) in [7, 11) is 1.63. The molecule has 11 aromatic carbocycles. The number of carbonyl (C=O) groups excluding carboxylic acids is 3. The van der Waals surface area contributed by atoms with E-state index in [4.69, 9.17) is 45.2 Å². The van der Waals surface area contributed by atoms with Crippen molar-refractivity contribution in [2.45, 2.75) is 116 Å². The number of carboxylic acid groups (broad SMARTS) is 7. The maximum Gasteiger partial charge on any atom is 0.312 e. The van der Waals surface area contributed by atoms with Gasteiger partial charge in [0, 0.05) is 40.1 Å². The highest BCUT2D eigenvalue weighted by atomic mass is 32.1. The number of methoxy groups -OCH3 is 1. The van der Waals surface area contributed by atoms with Gasteiger partial charge in [-0.05, 0) is 188 Å². The molecule has 0 aliphatic carbocycles. The average Bonchev–Trinajstić information content (AvgIpc) is 1.62. The van der Waals surface area contributed by atoms with E-state index in [0.29, 0.717) is 79.7 Å². The second kappa shape index (κ2) is 46.3. The van der Waals surface area contributed by atoms with Crippen molar-refractivity contribution < 1.29 is 97.6 Å². The lowest BCUT2D eigenvalue weighted by molar-refractivity contribution is -0.139. The van der Waals surface area contributed by atoms with Crippen molar-refractivity contribution in [3.8, 4) is 28.4 Å². The first kappa shape index (κ1) is 95.0. The monoisotopic (exact) mass is 1690 g/mol. The Balaban J connectivity index is 0.000000180. The van der Waals surface area contributed by atoms with Crippen LogP contribution in [0.2, 0.25) is 0 Å². The quantitative estimate of drug-likeness (QED) is 0.0261. The molecule has 2 aromatic heterocycles. The number of fused-ring (bicyclic) bond motifs is 2. The molecule has 0 radical (unpaired) electrons. The Morgan fingerprint density at radius 3 is 1.27 bits per heavy atom. The topological polar surface area (TPSA) is 336 Å². The number of halogens is 1. The van der Waals surface area contributed by atoms with Gasteiger partial charge in [0.15, 0.2) is 5.78 Å². The van der Waals surface area contributed by atoms with Gasteiger partial charge >= 0.3 is 41.8 Å². The van der Waals surface area contributed by atoms with E-state index in [1.165, 1.54) is 23.0 Å². The minimum Gasteiger partial charge on any atom is -0.497 e. The minimum absolute atomic E-state index is 0.0282. The highest BCUT2D eigenvalue weighted by Crippen LogP contribution is 2.34. The van der Waals surface area contributed by atoms with Crippen molar-refractivity contribution >= 4 is 81.2 Å². The molecule has 3 heterocycles. The Hall–Kier alpha value is -14.5. The van der Waals surface area contributed by atoms with Crippen LogP contribution in [0.1, 0.15) is 195 Å². The molecule has 0 bridgehead atoms. The molecule has 0 fully saturated rings. The van der Waals surface area contributed by atoms with Gasteiger partial charge in [-0.15, -0.1) is 11.3 Å². The zero-order chi connectivity index (χ0) is 90.3. The molecule has 1 aliphatic rings. The number of benzene rings is 11. The number of rotatable bonds is 25. The first-order valence-electron chi connectivity index (χ1n) is 39.9. The van der Waals surface area contributed by atoms with Gasteiger partial charge in [-0.2, -0.15) is 0 Å². The van der Waals surface area contributed by atoms with Gasteiger partial charge in [0.25, 0.3) is 0 Å². The lowest BCUT2D eigenvalue weighted by Gasteiger charge is -2.09.